The van der Waals surface area contributed by atoms with Crippen LogP contribution in [0.2, 0.25) is 5.02 Å². The van der Waals surface area contributed by atoms with Crippen LogP contribution >= 0.6 is 11.6 Å². The van der Waals surface area contributed by atoms with Crippen molar-refractivity contribution < 1.29 is 16.8 Å². The molecule has 0 aliphatic carbocycles. The largest absolute Gasteiger partial charge is 0.279 e. The molecule has 0 amide bonds. The molecule has 0 radical (unpaired) electrons. The standard InChI is InChI=1S/C16H20ClN3O4S2/c1-10-14(17)5-4-6-15(10)19-26(23,24)16-11(2)18-20(12(16)3)13-7-8-25(21,22)9-13/h4-6,13,19H,7-9H2,1-3H3/t13-/m0/s1. The SMILES string of the molecule is Cc1nn([C@H]2CCS(=O)(=O)C2)c(C)c1S(=O)(=O)Nc1cccc(Cl)c1C. The Kier molecular flexibility index (Phi) is 4.83. The maximum atomic E-state index is 12.9. The lowest BCUT2D eigenvalue weighted by molar-refractivity contribution is 0.484. The summed E-state index contributed by atoms with van der Waals surface area (Å²) in [6.45, 7) is 4.98. The van der Waals surface area contributed by atoms with Gasteiger partial charge in [0, 0.05) is 5.02 Å². The number of benzene rings is 1. The number of sulfone groups is 1. The Morgan fingerprint density at radius 2 is 1.96 bits per heavy atom. The number of aromatic nitrogens is 2. The highest BCUT2D eigenvalue weighted by atomic mass is 35.5. The van der Waals surface area contributed by atoms with Crippen molar-refractivity contribution in [2.24, 2.45) is 0 Å². The molecule has 1 saturated heterocycles. The van der Waals surface area contributed by atoms with Crippen LogP contribution < -0.4 is 4.72 Å². The second-order valence-corrected chi connectivity index (χ2v) is 10.8. The number of anilines is 1. The van der Waals surface area contributed by atoms with E-state index in [0.29, 0.717) is 34.1 Å². The summed E-state index contributed by atoms with van der Waals surface area (Å²) in [5, 5.41) is 4.78. The highest BCUT2D eigenvalue weighted by molar-refractivity contribution is 7.93. The molecule has 10 heteroatoms. The van der Waals surface area contributed by atoms with Crippen molar-refractivity contribution in [3.05, 3.63) is 40.2 Å². The first-order chi connectivity index (χ1) is 12.0. The van der Waals surface area contributed by atoms with E-state index in [-0.39, 0.29) is 22.4 Å². The third kappa shape index (κ3) is 3.47. The molecule has 0 bridgehead atoms. The molecular weight excluding hydrogens is 398 g/mol. The van der Waals surface area contributed by atoms with E-state index in [1.165, 1.54) is 4.68 Å². The van der Waals surface area contributed by atoms with Gasteiger partial charge >= 0.3 is 0 Å². The second-order valence-electron chi connectivity index (χ2n) is 6.52. The summed E-state index contributed by atoms with van der Waals surface area (Å²) in [7, 11) is -6.99. The molecule has 2 heterocycles. The van der Waals surface area contributed by atoms with E-state index in [4.69, 9.17) is 11.6 Å². The lowest BCUT2D eigenvalue weighted by Crippen LogP contribution is -2.17. The normalized spacial score (nSPS) is 19.6. The van der Waals surface area contributed by atoms with Gasteiger partial charge in [-0.2, -0.15) is 5.10 Å². The summed E-state index contributed by atoms with van der Waals surface area (Å²) in [6.07, 6.45) is 0.435. The van der Waals surface area contributed by atoms with E-state index in [2.05, 4.69) is 9.82 Å². The first-order valence-corrected chi connectivity index (χ1v) is 11.7. The van der Waals surface area contributed by atoms with Crippen molar-refractivity contribution in [2.45, 2.75) is 38.1 Å². The zero-order chi connectivity index (χ0) is 19.3. The summed E-state index contributed by atoms with van der Waals surface area (Å²) in [5.41, 5.74) is 1.78. The second kappa shape index (κ2) is 6.54. The van der Waals surface area contributed by atoms with Gasteiger partial charge in [-0.1, -0.05) is 17.7 Å². The average Bonchev–Trinajstić information content (AvgIpc) is 3.03. The van der Waals surface area contributed by atoms with Gasteiger partial charge in [-0.25, -0.2) is 16.8 Å². The molecule has 142 valence electrons. The highest BCUT2D eigenvalue weighted by Gasteiger charge is 2.33. The first kappa shape index (κ1) is 19.2. The van der Waals surface area contributed by atoms with Gasteiger partial charge in [-0.05, 0) is 44.9 Å². The summed E-state index contributed by atoms with van der Waals surface area (Å²) in [6, 6.07) is 4.65. The molecule has 26 heavy (non-hydrogen) atoms. The van der Waals surface area contributed by atoms with Crippen LogP contribution in [0.1, 0.15) is 29.4 Å². The van der Waals surface area contributed by atoms with Crippen molar-refractivity contribution >= 4 is 37.1 Å². The smallest absolute Gasteiger partial charge is 0.265 e. The van der Waals surface area contributed by atoms with E-state index >= 15 is 0 Å². The number of halogens is 1. The fourth-order valence-electron chi connectivity index (χ4n) is 3.27. The Bertz CT molecular complexity index is 1080. The van der Waals surface area contributed by atoms with E-state index < -0.39 is 19.9 Å². The minimum absolute atomic E-state index is 0.0186. The Labute approximate surface area is 158 Å². The zero-order valence-corrected chi connectivity index (χ0v) is 17.0. The van der Waals surface area contributed by atoms with Gasteiger partial charge in [0.15, 0.2) is 9.84 Å². The summed E-state index contributed by atoms with van der Waals surface area (Å²) in [4.78, 5) is 0.0705. The average molecular weight is 418 g/mol. The van der Waals surface area contributed by atoms with Crippen molar-refractivity contribution in [1.82, 2.24) is 9.78 Å². The molecule has 2 aromatic rings. The van der Waals surface area contributed by atoms with Gasteiger partial charge in [-0.3, -0.25) is 9.40 Å². The van der Waals surface area contributed by atoms with Crippen molar-refractivity contribution in [1.29, 1.82) is 0 Å². The third-order valence-electron chi connectivity index (χ3n) is 4.59. The third-order valence-corrected chi connectivity index (χ3v) is 8.37. The molecule has 0 spiro atoms. The molecular formula is C16H20ClN3O4S2. The Morgan fingerprint density at radius 1 is 1.27 bits per heavy atom. The molecule has 7 nitrogen and oxygen atoms in total. The fraction of sp³-hybridized carbons (Fsp3) is 0.438. The Morgan fingerprint density at radius 3 is 2.58 bits per heavy atom. The lowest BCUT2D eigenvalue weighted by atomic mass is 10.2. The number of rotatable bonds is 4. The van der Waals surface area contributed by atoms with Crippen molar-refractivity contribution in [3.63, 3.8) is 0 Å². The topological polar surface area (TPSA) is 98.1 Å². The van der Waals surface area contributed by atoms with Crippen LogP contribution in [0.5, 0.6) is 0 Å². The number of nitrogens with zero attached hydrogens (tertiary/aromatic N) is 2. The Hall–Kier alpha value is -1.58. The lowest BCUT2D eigenvalue weighted by Gasteiger charge is -2.13. The molecule has 3 rings (SSSR count). The van der Waals surface area contributed by atoms with Gasteiger partial charge in [-0.15, -0.1) is 0 Å². The van der Waals surface area contributed by atoms with E-state index in [1.54, 1.807) is 39.0 Å². The quantitative estimate of drug-likeness (QED) is 0.824. The maximum absolute atomic E-state index is 12.9. The fourth-order valence-corrected chi connectivity index (χ4v) is 6.67. The number of aryl methyl sites for hydroxylation is 1. The molecule has 1 aromatic heterocycles. The molecule has 1 aliphatic heterocycles. The van der Waals surface area contributed by atoms with Crippen LogP contribution in [0.15, 0.2) is 23.1 Å². The molecule has 1 atom stereocenters. The minimum atomic E-state index is -3.89. The van der Waals surface area contributed by atoms with Crippen LogP contribution in [0, 0.1) is 20.8 Å². The molecule has 0 saturated carbocycles. The van der Waals surface area contributed by atoms with Crippen molar-refractivity contribution in [2.75, 3.05) is 16.2 Å². The molecule has 1 aliphatic rings. The van der Waals surface area contributed by atoms with Gasteiger partial charge in [0.25, 0.3) is 10.0 Å². The van der Waals surface area contributed by atoms with Gasteiger partial charge in [0.2, 0.25) is 0 Å². The number of hydrogen-bond donors (Lipinski definition) is 1. The predicted octanol–water partition coefficient (Wildman–Crippen LogP) is 2.62. The Balaban J connectivity index is 2.00. The summed E-state index contributed by atoms with van der Waals surface area (Å²) in [5.74, 6) is 0.0767. The molecule has 1 aromatic carbocycles. The number of nitrogens with one attached hydrogen (secondary N) is 1. The number of hydrogen-bond acceptors (Lipinski definition) is 5. The van der Waals surface area contributed by atoms with E-state index in [9.17, 15) is 16.8 Å². The number of sulfonamides is 1. The van der Waals surface area contributed by atoms with Crippen LogP contribution in [0.4, 0.5) is 5.69 Å². The van der Waals surface area contributed by atoms with Crippen LogP contribution in [-0.4, -0.2) is 38.1 Å². The predicted molar refractivity (Wildman–Crippen MR) is 101 cm³/mol. The first-order valence-electron chi connectivity index (χ1n) is 8.06. The monoisotopic (exact) mass is 417 g/mol. The highest BCUT2D eigenvalue weighted by Crippen LogP contribution is 2.31. The minimum Gasteiger partial charge on any atom is -0.279 e. The van der Waals surface area contributed by atoms with E-state index in [0.717, 1.165) is 0 Å². The molecule has 1 N–H and O–H groups in total. The van der Waals surface area contributed by atoms with Crippen LogP contribution in [-0.2, 0) is 19.9 Å². The van der Waals surface area contributed by atoms with Crippen LogP contribution in [0.3, 0.4) is 0 Å². The van der Waals surface area contributed by atoms with Gasteiger partial charge in [0.05, 0.1) is 34.6 Å². The molecule has 0 unspecified atom stereocenters. The van der Waals surface area contributed by atoms with Crippen molar-refractivity contribution in [3.8, 4) is 0 Å². The maximum Gasteiger partial charge on any atom is 0.265 e. The summed E-state index contributed by atoms with van der Waals surface area (Å²) >= 11 is 6.06. The van der Waals surface area contributed by atoms with Gasteiger partial charge < -0.3 is 0 Å². The van der Waals surface area contributed by atoms with Gasteiger partial charge in [0.1, 0.15) is 4.90 Å². The molecule has 1 fully saturated rings. The van der Waals surface area contributed by atoms with E-state index in [1.807, 2.05) is 0 Å². The zero-order valence-electron chi connectivity index (χ0n) is 14.7. The summed E-state index contributed by atoms with van der Waals surface area (Å²) < 4.78 is 53.4. The van der Waals surface area contributed by atoms with Crippen LogP contribution in [0.25, 0.3) is 0 Å².